The first kappa shape index (κ1) is 14.5. The lowest BCUT2D eigenvalue weighted by Crippen LogP contribution is -2.10. The van der Waals surface area contributed by atoms with Crippen molar-refractivity contribution in [2.24, 2.45) is 0 Å². The predicted molar refractivity (Wildman–Crippen MR) is 78.3 cm³/mol. The molecule has 0 amide bonds. The highest BCUT2D eigenvalue weighted by Crippen LogP contribution is 2.34. The highest BCUT2D eigenvalue weighted by Gasteiger charge is 2.23. The van der Waals surface area contributed by atoms with Crippen molar-refractivity contribution in [3.63, 3.8) is 0 Å². The molecular weight excluding hydrogens is 305 g/mol. The van der Waals surface area contributed by atoms with Crippen LogP contribution in [0.3, 0.4) is 0 Å². The molecule has 0 aromatic heterocycles. The third-order valence-electron chi connectivity index (χ3n) is 2.98. The molecule has 0 radical (unpaired) electrons. The van der Waals surface area contributed by atoms with Crippen LogP contribution in [0.4, 0.5) is 8.78 Å². The largest absolute Gasteiger partial charge is 0.238 e. The smallest absolute Gasteiger partial charge is 0.207 e. The summed E-state index contributed by atoms with van der Waals surface area (Å²) in [7, 11) is -2.00. The summed E-state index contributed by atoms with van der Waals surface area (Å²) >= 11 is 11.9. The molecule has 0 nitrogen and oxygen atoms in total. The van der Waals surface area contributed by atoms with Crippen molar-refractivity contribution in [2.45, 2.75) is 12.0 Å². The molecule has 0 aliphatic rings. The van der Waals surface area contributed by atoms with Crippen LogP contribution in [-0.4, -0.2) is 7.42 Å². The highest BCUT2D eigenvalue weighted by atomic mass is 35.7. The molecule has 0 saturated carbocycles. The van der Waals surface area contributed by atoms with Gasteiger partial charge in [-0.15, -0.1) is 0 Å². The van der Waals surface area contributed by atoms with Gasteiger partial charge < -0.3 is 0 Å². The van der Waals surface area contributed by atoms with Gasteiger partial charge in [0.2, 0.25) is 7.42 Å². The maximum atomic E-state index is 13.9. The second-order valence-electron chi connectivity index (χ2n) is 4.22. The van der Waals surface area contributed by atoms with Crippen LogP contribution < -0.4 is 0 Å². The Labute approximate surface area is 122 Å². The molecule has 2 aromatic carbocycles. The Kier molecular flexibility index (Phi) is 4.97. The lowest BCUT2D eigenvalue weighted by Gasteiger charge is -2.19. The van der Waals surface area contributed by atoms with E-state index in [1.54, 1.807) is 36.4 Å². The van der Waals surface area contributed by atoms with E-state index in [2.05, 4.69) is 0 Å². The maximum Gasteiger partial charge on any atom is 0.238 e. The molecule has 0 spiro atoms. The molecule has 2 aromatic rings. The fourth-order valence-electron chi connectivity index (χ4n) is 2.12. The number of halogens is 4. The van der Waals surface area contributed by atoms with Gasteiger partial charge in [0.15, 0.2) is 0 Å². The Balaban J connectivity index is 2.48. The van der Waals surface area contributed by atoms with Crippen LogP contribution in [0.2, 0.25) is 6.04 Å². The Bertz CT molecular complexity index is 515. The van der Waals surface area contributed by atoms with Gasteiger partial charge in [0.25, 0.3) is 0 Å². The lowest BCUT2D eigenvalue weighted by atomic mass is 9.92. The van der Waals surface area contributed by atoms with Gasteiger partial charge in [-0.3, -0.25) is 0 Å². The van der Waals surface area contributed by atoms with Crippen molar-refractivity contribution in [2.75, 3.05) is 0 Å². The average molecular weight is 317 g/mol. The van der Waals surface area contributed by atoms with Crippen LogP contribution in [0.5, 0.6) is 0 Å². The van der Waals surface area contributed by atoms with E-state index in [1.807, 2.05) is 0 Å². The molecule has 0 N–H and O–H groups in total. The second-order valence-corrected chi connectivity index (χ2v) is 9.31. The Morgan fingerprint density at radius 3 is 1.63 bits per heavy atom. The number of hydrogen-bond donors (Lipinski definition) is 0. The van der Waals surface area contributed by atoms with Crippen molar-refractivity contribution >= 4 is 29.6 Å². The second kappa shape index (κ2) is 6.50. The third kappa shape index (κ3) is 3.56. The zero-order valence-corrected chi connectivity index (χ0v) is 12.7. The minimum Gasteiger partial charge on any atom is -0.207 e. The monoisotopic (exact) mass is 316 g/mol. The summed E-state index contributed by atoms with van der Waals surface area (Å²) in [6, 6.07) is 13.1. The fraction of sp³-hybridized carbons (Fsp3) is 0.143. The molecule has 0 bridgehead atoms. The topological polar surface area (TPSA) is 0 Å². The summed E-state index contributed by atoms with van der Waals surface area (Å²) in [6.45, 7) is 0. The number of rotatable bonds is 4. The van der Waals surface area contributed by atoms with E-state index in [-0.39, 0.29) is 11.6 Å². The van der Waals surface area contributed by atoms with Gasteiger partial charge >= 0.3 is 0 Å². The first-order chi connectivity index (χ1) is 9.09. The molecule has 2 rings (SSSR count). The summed E-state index contributed by atoms with van der Waals surface area (Å²) in [5.74, 6) is -1.16. The first-order valence-corrected chi connectivity index (χ1v) is 10.2. The van der Waals surface area contributed by atoms with Crippen molar-refractivity contribution in [1.29, 1.82) is 0 Å². The van der Waals surface area contributed by atoms with Gasteiger partial charge in [-0.05, 0) is 29.3 Å². The van der Waals surface area contributed by atoms with Crippen molar-refractivity contribution < 1.29 is 8.78 Å². The first-order valence-electron chi connectivity index (χ1n) is 5.86. The maximum absolute atomic E-state index is 13.9. The molecule has 0 unspecified atom stereocenters. The molecule has 0 fully saturated rings. The van der Waals surface area contributed by atoms with Gasteiger partial charge in [0.05, 0.1) is 0 Å². The number of benzene rings is 2. The van der Waals surface area contributed by atoms with Crippen molar-refractivity contribution in [3.8, 4) is 0 Å². The summed E-state index contributed by atoms with van der Waals surface area (Å²) in [5, 5.41) is 0. The summed E-state index contributed by atoms with van der Waals surface area (Å²) < 4.78 is 27.8. The summed E-state index contributed by atoms with van der Waals surface area (Å²) in [4.78, 5) is 0. The fourth-order valence-corrected chi connectivity index (χ4v) is 4.05. The minimum absolute atomic E-state index is 0.362. The number of hydrogen-bond acceptors (Lipinski definition) is 0. The standard InChI is InChI=1S/C14H12Cl2F2Si/c15-19(16)9-12(10-5-1-3-7-13(10)17)11-6-2-4-8-14(11)18/h1-8,12,19H,9H2. The molecule has 0 aliphatic carbocycles. The van der Waals surface area contributed by atoms with Crippen molar-refractivity contribution in [1.82, 2.24) is 0 Å². The SMILES string of the molecule is Fc1ccccc1C(C[SiH](Cl)Cl)c1ccccc1F. The summed E-state index contributed by atoms with van der Waals surface area (Å²) in [5.41, 5.74) is 0.873. The van der Waals surface area contributed by atoms with Crippen LogP contribution in [0.15, 0.2) is 48.5 Å². The normalized spacial score (nSPS) is 11.3. The van der Waals surface area contributed by atoms with Gasteiger partial charge in [0, 0.05) is 5.92 Å². The average Bonchev–Trinajstić information content (AvgIpc) is 2.37. The van der Waals surface area contributed by atoms with Gasteiger partial charge in [-0.1, -0.05) is 36.4 Å². The van der Waals surface area contributed by atoms with E-state index in [0.29, 0.717) is 17.2 Å². The zero-order valence-electron chi connectivity index (χ0n) is 9.99. The molecule has 5 heteroatoms. The van der Waals surface area contributed by atoms with E-state index in [1.165, 1.54) is 12.1 Å². The van der Waals surface area contributed by atoms with Crippen LogP contribution in [0.25, 0.3) is 0 Å². The molecule has 0 saturated heterocycles. The molecular formula is C14H12Cl2F2Si. The van der Waals surface area contributed by atoms with E-state index in [9.17, 15) is 8.78 Å². The van der Waals surface area contributed by atoms with E-state index in [0.717, 1.165) is 0 Å². The van der Waals surface area contributed by atoms with E-state index < -0.39 is 13.3 Å². The lowest BCUT2D eigenvalue weighted by molar-refractivity contribution is 0.581. The third-order valence-corrected chi connectivity index (χ3v) is 4.87. The minimum atomic E-state index is -2.00. The Morgan fingerprint density at radius 1 is 0.842 bits per heavy atom. The summed E-state index contributed by atoms with van der Waals surface area (Å²) in [6.07, 6.45) is 0. The van der Waals surface area contributed by atoms with Crippen LogP contribution >= 0.6 is 22.2 Å². The quantitative estimate of drug-likeness (QED) is 0.561. The molecule has 0 heterocycles. The van der Waals surface area contributed by atoms with E-state index in [4.69, 9.17) is 22.2 Å². The van der Waals surface area contributed by atoms with Crippen LogP contribution in [0.1, 0.15) is 17.0 Å². The molecule has 0 atom stereocenters. The Morgan fingerprint density at radius 2 is 1.26 bits per heavy atom. The predicted octanol–water partition coefficient (Wildman–Crippen LogP) is 4.79. The van der Waals surface area contributed by atoms with Gasteiger partial charge in [0.1, 0.15) is 11.6 Å². The van der Waals surface area contributed by atoms with Gasteiger partial charge in [-0.25, -0.2) is 8.78 Å². The van der Waals surface area contributed by atoms with Crippen LogP contribution in [-0.2, 0) is 0 Å². The molecule has 0 aliphatic heterocycles. The zero-order chi connectivity index (χ0) is 13.8. The van der Waals surface area contributed by atoms with Crippen LogP contribution in [0, 0.1) is 11.6 Å². The van der Waals surface area contributed by atoms with Crippen molar-refractivity contribution in [3.05, 3.63) is 71.3 Å². The molecule has 100 valence electrons. The highest BCUT2D eigenvalue weighted by molar-refractivity contribution is 7.33. The molecule has 19 heavy (non-hydrogen) atoms. The Hall–Kier alpha value is -0.903. The van der Waals surface area contributed by atoms with E-state index >= 15 is 0 Å². The van der Waals surface area contributed by atoms with Gasteiger partial charge in [-0.2, -0.15) is 22.2 Å².